The number of rotatable bonds is 4. The number of benzene rings is 2. The minimum atomic E-state index is -0.0275. The maximum atomic E-state index is 12.8. The zero-order valence-electron chi connectivity index (χ0n) is 16.1. The highest BCUT2D eigenvalue weighted by atomic mass is 16.1. The standard InChI is InChI=1S/C22H18N6O/c1-27-13-24-19-8-15(5-6-20(19)27)21(29)9-22-23-10-16-4-3-14(7-18(16)26-22)17-11-25-28(2)12-17/h3-8,10-13H,9H2,1-2H3. The van der Waals surface area contributed by atoms with Crippen LogP contribution in [-0.4, -0.2) is 35.1 Å². The van der Waals surface area contributed by atoms with Crippen LogP contribution in [0.5, 0.6) is 0 Å². The lowest BCUT2D eigenvalue weighted by Crippen LogP contribution is -2.07. The van der Waals surface area contributed by atoms with Gasteiger partial charge in [-0.1, -0.05) is 12.1 Å². The van der Waals surface area contributed by atoms with Crippen LogP contribution in [0, 0.1) is 0 Å². The van der Waals surface area contributed by atoms with Crippen LogP contribution >= 0.6 is 0 Å². The van der Waals surface area contributed by atoms with Gasteiger partial charge in [0.15, 0.2) is 5.78 Å². The van der Waals surface area contributed by atoms with Gasteiger partial charge in [-0.15, -0.1) is 0 Å². The second-order valence-electron chi connectivity index (χ2n) is 7.12. The van der Waals surface area contributed by atoms with E-state index in [4.69, 9.17) is 0 Å². The molecule has 7 nitrogen and oxygen atoms in total. The number of nitrogens with zero attached hydrogens (tertiary/aromatic N) is 6. The summed E-state index contributed by atoms with van der Waals surface area (Å²) in [6.45, 7) is 0. The first-order chi connectivity index (χ1) is 14.1. The number of ketones is 1. The zero-order chi connectivity index (χ0) is 20.0. The second kappa shape index (κ2) is 6.63. The maximum Gasteiger partial charge on any atom is 0.170 e. The molecule has 3 aromatic heterocycles. The highest BCUT2D eigenvalue weighted by Crippen LogP contribution is 2.23. The molecule has 3 heterocycles. The molecule has 0 N–H and O–H groups in total. The summed E-state index contributed by atoms with van der Waals surface area (Å²) in [5.41, 5.74) is 5.27. The Hall–Kier alpha value is -3.87. The molecule has 0 fully saturated rings. The third-order valence-corrected chi connectivity index (χ3v) is 5.04. The SMILES string of the molecule is Cn1cc(-c2ccc3cnc(CC(=O)c4ccc5c(c4)ncn5C)nc3c2)cn1. The van der Waals surface area contributed by atoms with Gasteiger partial charge in [0.05, 0.1) is 35.5 Å². The summed E-state index contributed by atoms with van der Waals surface area (Å²) in [5.74, 6) is 0.479. The Morgan fingerprint density at radius 3 is 2.69 bits per heavy atom. The number of carbonyl (C=O) groups excluding carboxylic acids is 1. The molecule has 0 spiro atoms. The van der Waals surface area contributed by atoms with Crippen LogP contribution in [0.25, 0.3) is 33.1 Å². The Morgan fingerprint density at radius 2 is 1.86 bits per heavy atom. The van der Waals surface area contributed by atoms with Crippen LogP contribution in [0.1, 0.15) is 16.2 Å². The highest BCUT2D eigenvalue weighted by molar-refractivity contribution is 6.00. The number of imidazole rings is 1. The number of hydrogen-bond acceptors (Lipinski definition) is 5. The van der Waals surface area contributed by atoms with E-state index in [0.717, 1.165) is 33.1 Å². The van der Waals surface area contributed by atoms with E-state index in [1.165, 1.54) is 0 Å². The molecule has 0 atom stereocenters. The van der Waals surface area contributed by atoms with Crippen molar-refractivity contribution in [1.82, 2.24) is 29.3 Å². The molecule has 5 rings (SSSR count). The summed E-state index contributed by atoms with van der Waals surface area (Å²) in [4.78, 5) is 26.1. The predicted molar refractivity (Wildman–Crippen MR) is 110 cm³/mol. The summed E-state index contributed by atoms with van der Waals surface area (Å²) in [6, 6.07) is 11.6. The molecule has 0 radical (unpaired) electrons. The van der Waals surface area contributed by atoms with Gasteiger partial charge in [-0.3, -0.25) is 9.48 Å². The minimum absolute atomic E-state index is 0.0275. The van der Waals surface area contributed by atoms with E-state index in [1.807, 2.05) is 67.5 Å². The largest absolute Gasteiger partial charge is 0.334 e. The second-order valence-corrected chi connectivity index (χ2v) is 7.12. The van der Waals surface area contributed by atoms with Crippen LogP contribution in [0.4, 0.5) is 0 Å². The molecule has 0 amide bonds. The molecular formula is C22H18N6O. The quantitative estimate of drug-likeness (QED) is 0.446. The van der Waals surface area contributed by atoms with Crippen LogP contribution in [0.3, 0.4) is 0 Å². The van der Waals surface area contributed by atoms with E-state index in [0.29, 0.717) is 11.4 Å². The summed E-state index contributed by atoms with van der Waals surface area (Å²) < 4.78 is 3.69. The molecule has 2 aromatic carbocycles. The van der Waals surface area contributed by atoms with Gasteiger partial charge in [0, 0.05) is 43.0 Å². The van der Waals surface area contributed by atoms with Crippen LogP contribution < -0.4 is 0 Å². The molecule has 5 aromatic rings. The zero-order valence-corrected chi connectivity index (χ0v) is 16.1. The smallest absolute Gasteiger partial charge is 0.170 e. The van der Waals surface area contributed by atoms with Gasteiger partial charge < -0.3 is 4.57 Å². The molecule has 0 aliphatic carbocycles. The van der Waals surface area contributed by atoms with Gasteiger partial charge in [0.25, 0.3) is 0 Å². The van der Waals surface area contributed by atoms with Crippen molar-refractivity contribution in [3.8, 4) is 11.1 Å². The highest BCUT2D eigenvalue weighted by Gasteiger charge is 2.12. The van der Waals surface area contributed by atoms with Gasteiger partial charge >= 0.3 is 0 Å². The lowest BCUT2D eigenvalue weighted by molar-refractivity contribution is 0.0991. The van der Waals surface area contributed by atoms with Crippen molar-refractivity contribution < 1.29 is 4.79 Å². The van der Waals surface area contributed by atoms with E-state index in [2.05, 4.69) is 20.1 Å². The fourth-order valence-electron chi connectivity index (χ4n) is 3.45. The average molecular weight is 382 g/mol. The summed E-state index contributed by atoms with van der Waals surface area (Å²) in [7, 11) is 3.82. The van der Waals surface area contributed by atoms with E-state index in [1.54, 1.807) is 17.2 Å². The normalized spacial score (nSPS) is 11.4. The van der Waals surface area contributed by atoms with Crippen molar-refractivity contribution in [2.45, 2.75) is 6.42 Å². The van der Waals surface area contributed by atoms with Gasteiger partial charge in [0.1, 0.15) is 5.82 Å². The topological polar surface area (TPSA) is 78.5 Å². The number of fused-ring (bicyclic) bond motifs is 2. The molecule has 142 valence electrons. The minimum Gasteiger partial charge on any atom is -0.334 e. The molecule has 0 aliphatic heterocycles. The van der Waals surface area contributed by atoms with Gasteiger partial charge in [-0.25, -0.2) is 15.0 Å². The van der Waals surface area contributed by atoms with E-state index >= 15 is 0 Å². The number of carbonyl (C=O) groups is 1. The Balaban J connectivity index is 1.45. The molecular weight excluding hydrogens is 364 g/mol. The Kier molecular flexibility index (Phi) is 3.94. The van der Waals surface area contributed by atoms with Crippen molar-refractivity contribution >= 4 is 27.7 Å². The molecule has 29 heavy (non-hydrogen) atoms. The van der Waals surface area contributed by atoms with Crippen molar-refractivity contribution in [1.29, 1.82) is 0 Å². The average Bonchev–Trinajstić information content (AvgIpc) is 3.33. The number of Topliss-reactive ketones (excluding diaryl/α,β-unsaturated/α-hetero) is 1. The number of aryl methyl sites for hydroxylation is 2. The molecule has 0 bridgehead atoms. The number of aromatic nitrogens is 6. The van der Waals surface area contributed by atoms with Crippen LogP contribution in [0.15, 0.2) is 61.3 Å². The van der Waals surface area contributed by atoms with Gasteiger partial charge in [0.2, 0.25) is 0 Å². The lowest BCUT2D eigenvalue weighted by atomic mass is 10.1. The summed E-state index contributed by atoms with van der Waals surface area (Å²) in [6.07, 6.45) is 7.43. The molecule has 0 saturated carbocycles. The van der Waals surface area contributed by atoms with Crippen molar-refractivity contribution in [2.24, 2.45) is 14.1 Å². The van der Waals surface area contributed by atoms with Crippen molar-refractivity contribution in [3.63, 3.8) is 0 Å². The molecule has 7 heteroatoms. The fraction of sp³-hybridized carbons (Fsp3) is 0.136. The predicted octanol–water partition coefficient (Wildman–Crippen LogP) is 3.34. The first-order valence-electron chi connectivity index (χ1n) is 9.26. The third-order valence-electron chi connectivity index (χ3n) is 5.04. The van der Waals surface area contributed by atoms with E-state index in [9.17, 15) is 4.79 Å². The molecule has 0 aliphatic rings. The van der Waals surface area contributed by atoms with Crippen molar-refractivity contribution in [3.05, 3.63) is 72.7 Å². The van der Waals surface area contributed by atoms with E-state index in [-0.39, 0.29) is 12.2 Å². The van der Waals surface area contributed by atoms with Crippen LogP contribution in [0.2, 0.25) is 0 Å². The van der Waals surface area contributed by atoms with Crippen molar-refractivity contribution in [2.75, 3.05) is 0 Å². The first kappa shape index (κ1) is 17.2. The maximum absolute atomic E-state index is 12.8. The van der Waals surface area contributed by atoms with E-state index < -0.39 is 0 Å². The Bertz CT molecular complexity index is 1380. The molecule has 0 unspecified atom stereocenters. The lowest BCUT2D eigenvalue weighted by Gasteiger charge is -2.05. The van der Waals surface area contributed by atoms with Gasteiger partial charge in [-0.2, -0.15) is 5.10 Å². The first-order valence-corrected chi connectivity index (χ1v) is 9.26. The molecule has 0 saturated heterocycles. The van der Waals surface area contributed by atoms with Gasteiger partial charge in [-0.05, 0) is 29.8 Å². The van der Waals surface area contributed by atoms with Crippen LogP contribution in [-0.2, 0) is 20.5 Å². The fourth-order valence-corrected chi connectivity index (χ4v) is 3.45. The third kappa shape index (κ3) is 3.16. The Labute approximate surface area is 166 Å². The summed E-state index contributed by atoms with van der Waals surface area (Å²) in [5, 5.41) is 5.15. The monoisotopic (exact) mass is 382 g/mol. The summed E-state index contributed by atoms with van der Waals surface area (Å²) >= 11 is 0. The Morgan fingerprint density at radius 1 is 0.966 bits per heavy atom. The number of hydrogen-bond donors (Lipinski definition) is 0.